The van der Waals surface area contributed by atoms with Crippen molar-refractivity contribution in [1.29, 1.82) is 0 Å². The monoisotopic (exact) mass is 233 g/mol. The first-order chi connectivity index (χ1) is 6.70. The second-order valence-electron chi connectivity index (χ2n) is 4.16. The van der Waals surface area contributed by atoms with Crippen LogP contribution in [0.4, 0.5) is 0 Å². The van der Waals surface area contributed by atoms with Crippen molar-refractivity contribution in [2.45, 2.75) is 30.9 Å². The normalized spacial score (nSPS) is 34.1. The Morgan fingerprint density at radius 3 is 2.57 bits per heavy atom. The zero-order valence-electron chi connectivity index (χ0n) is 8.31. The predicted molar refractivity (Wildman–Crippen MR) is 61.2 cm³/mol. The summed E-state index contributed by atoms with van der Waals surface area (Å²) in [5.41, 5.74) is 0. The Hall–Kier alpha value is 0.300. The van der Waals surface area contributed by atoms with Gasteiger partial charge in [0.15, 0.2) is 9.84 Å². The highest BCUT2D eigenvalue weighted by Crippen LogP contribution is 2.33. The lowest BCUT2D eigenvalue weighted by atomic mass is 9.95. The van der Waals surface area contributed by atoms with Crippen LogP contribution in [-0.2, 0) is 9.84 Å². The molecule has 2 fully saturated rings. The van der Waals surface area contributed by atoms with Gasteiger partial charge in [0.1, 0.15) is 0 Å². The van der Waals surface area contributed by atoms with Gasteiger partial charge >= 0.3 is 0 Å². The summed E-state index contributed by atoms with van der Waals surface area (Å²) in [5.74, 6) is 3.12. The fourth-order valence-corrected chi connectivity index (χ4v) is 5.65. The Bertz CT molecular complexity index is 278. The van der Waals surface area contributed by atoms with Crippen LogP contribution in [0.5, 0.6) is 0 Å². The van der Waals surface area contributed by atoms with E-state index in [9.17, 15) is 8.42 Å². The molecular weight excluding hydrogens is 216 g/mol. The van der Waals surface area contributed by atoms with E-state index >= 15 is 0 Å². The minimum Gasteiger partial charge on any atom is -0.229 e. The van der Waals surface area contributed by atoms with Gasteiger partial charge in [-0.05, 0) is 49.5 Å². The molecule has 4 heteroatoms. The number of rotatable bonds is 1. The topological polar surface area (TPSA) is 34.1 Å². The molecule has 2 saturated heterocycles. The third-order valence-electron chi connectivity index (χ3n) is 3.18. The van der Waals surface area contributed by atoms with E-state index in [4.69, 9.17) is 0 Å². The number of hydrogen-bond donors (Lipinski definition) is 0. The summed E-state index contributed by atoms with van der Waals surface area (Å²) in [6, 6.07) is 0. The van der Waals surface area contributed by atoms with E-state index in [1.54, 1.807) is 0 Å². The standard InChI is InChI=1S/C10H17O2S2/c11-14(12)8-2-1-3-10(14)9-4-6-13-7-5-9/h3,9-10H,1-2,4-8H2. The SMILES string of the molecule is O=S1(=O)CCC[CH]C1C1CCSCC1. The average Bonchev–Trinajstić information content (AvgIpc) is 2.18. The molecule has 2 rings (SSSR count). The Morgan fingerprint density at radius 1 is 1.21 bits per heavy atom. The van der Waals surface area contributed by atoms with Gasteiger partial charge in [-0.15, -0.1) is 0 Å². The molecule has 1 radical (unpaired) electrons. The molecule has 0 aliphatic carbocycles. The van der Waals surface area contributed by atoms with E-state index in [2.05, 4.69) is 6.42 Å². The summed E-state index contributed by atoms with van der Waals surface area (Å²) in [4.78, 5) is 0. The van der Waals surface area contributed by atoms with Crippen LogP contribution < -0.4 is 0 Å². The first-order valence-electron chi connectivity index (χ1n) is 5.33. The van der Waals surface area contributed by atoms with Gasteiger partial charge in [0.2, 0.25) is 0 Å². The number of thioether (sulfide) groups is 1. The molecule has 2 nitrogen and oxygen atoms in total. The maximum atomic E-state index is 11.8. The number of sulfone groups is 1. The lowest BCUT2D eigenvalue weighted by Gasteiger charge is -2.32. The Labute approximate surface area is 90.8 Å². The molecule has 0 aromatic carbocycles. The highest BCUT2D eigenvalue weighted by molar-refractivity contribution is 7.99. The van der Waals surface area contributed by atoms with Crippen molar-refractivity contribution in [1.82, 2.24) is 0 Å². The fraction of sp³-hybridized carbons (Fsp3) is 0.900. The van der Waals surface area contributed by atoms with Gasteiger partial charge < -0.3 is 0 Å². The maximum Gasteiger partial charge on any atom is 0.153 e. The molecule has 0 aromatic rings. The summed E-state index contributed by atoms with van der Waals surface area (Å²) in [6.45, 7) is 0. The molecule has 0 aromatic heterocycles. The van der Waals surface area contributed by atoms with Crippen LogP contribution in [0.1, 0.15) is 25.7 Å². The fourth-order valence-electron chi connectivity index (χ4n) is 2.38. The van der Waals surface area contributed by atoms with E-state index in [0.717, 1.165) is 37.2 Å². The van der Waals surface area contributed by atoms with Crippen LogP contribution >= 0.6 is 11.8 Å². The van der Waals surface area contributed by atoms with Crippen molar-refractivity contribution in [3.63, 3.8) is 0 Å². The first kappa shape index (κ1) is 10.8. The van der Waals surface area contributed by atoms with Gasteiger partial charge in [-0.2, -0.15) is 11.8 Å². The van der Waals surface area contributed by atoms with Crippen molar-refractivity contribution < 1.29 is 8.42 Å². The van der Waals surface area contributed by atoms with Crippen LogP contribution in [-0.4, -0.2) is 30.9 Å². The van der Waals surface area contributed by atoms with Crippen LogP contribution in [0.2, 0.25) is 0 Å². The molecule has 0 amide bonds. The molecule has 1 atom stereocenters. The lowest BCUT2D eigenvalue weighted by molar-refractivity contribution is 0.453. The van der Waals surface area contributed by atoms with E-state index in [1.807, 2.05) is 11.8 Å². The van der Waals surface area contributed by atoms with Crippen molar-refractivity contribution in [3.8, 4) is 0 Å². The van der Waals surface area contributed by atoms with Crippen molar-refractivity contribution in [3.05, 3.63) is 6.42 Å². The molecule has 0 bridgehead atoms. The van der Waals surface area contributed by atoms with E-state index < -0.39 is 9.84 Å². The van der Waals surface area contributed by atoms with Gasteiger partial charge in [0.25, 0.3) is 0 Å². The molecule has 0 saturated carbocycles. The molecule has 2 heterocycles. The molecule has 2 aliphatic heterocycles. The van der Waals surface area contributed by atoms with E-state index in [-0.39, 0.29) is 5.25 Å². The predicted octanol–water partition coefficient (Wildman–Crippen LogP) is 1.91. The van der Waals surface area contributed by atoms with Crippen molar-refractivity contribution >= 4 is 21.6 Å². The third kappa shape index (κ3) is 2.27. The summed E-state index contributed by atoms with van der Waals surface area (Å²) >= 11 is 1.95. The minimum absolute atomic E-state index is 0.114. The third-order valence-corrected chi connectivity index (χ3v) is 6.49. The Balaban J connectivity index is 2.07. The van der Waals surface area contributed by atoms with Gasteiger partial charge in [-0.1, -0.05) is 0 Å². The minimum atomic E-state index is -2.79. The average molecular weight is 233 g/mol. The molecule has 0 spiro atoms. The largest absolute Gasteiger partial charge is 0.229 e. The van der Waals surface area contributed by atoms with E-state index in [1.165, 1.54) is 0 Å². The van der Waals surface area contributed by atoms with Gasteiger partial charge in [-0.3, -0.25) is 0 Å². The summed E-state index contributed by atoms with van der Waals surface area (Å²) in [6.07, 6.45) is 6.06. The van der Waals surface area contributed by atoms with Crippen LogP contribution in [0.3, 0.4) is 0 Å². The van der Waals surface area contributed by atoms with Crippen molar-refractivity contribution in [2.24, 2.45) is 5.92 Å². The van der Waals surface area contributed by atoms with Gasteiger partial charge in [0.05, 0.1) is 11.0 Å². The number of hydrogen-bond acceptors (Lipinski definition) is 3. The highest BCUT2D eigenvalue weighted by Gasteiger charge is 2.35. The van der Waals surface area contributed by atoms with Gasteiger partial charge in [-0.25, -0.2) is 8.42 Å². The quantitative estimate of drug-likeness (QED) is 0.694. The second-order valence-corrected chi connectivity index (χ2v) is 7.66. The molecule has 1 unspecified atom stereocenters. The molecule has 81 valence electrons. The molecule has 14 heavy (non-hydrogen) atoms. The summed E-state index contributed by atoms with van der Waals surface area (Å²) < 4.78 is 23.7. The Morgan fingerprint density at radius 2 is 1.93 bits per heavy atom. The Kier molecular flexibility index (Phi) is 3.42. The molecule has 2 aliphatic rings. The zero-order valence-corrected chi connectivity index (χ0v) is 9.95. The second kappa shape index (κ2) is 4.44. The summed E-state index contributed by atoms with van der Waals surface area (Å²) in [7, 11) is -2.79. The van der Waals surface area contributed by atoms with Crippen LogP contribution in [0.25, 0.3) is 0 Å². The maximum absolute atomic E-state index is 11.8. The van der Waals surface area contributed by atoms with Crippen LogP contribution in [0.15, 0.2) is 0 Å². The van der Waals surface area contributed by atoms with Crippen LogP contribution in [0, 0.1) is 12.3 Å². The molecular formula is C10H17O2S2. The highest BCUT2D eigenvalue weighted by atomic mass is 32.2. The lowest BCUT2D eigenvalue weighted by Crippen LogP contribution is -2.37. The van der Waals surface area contributed by atoms with Crippen molar-refractivity contribution in [2.75, 3.05) is 17.3 Å². The first-order valence-corrected chi connectivity index (χ1v) is 8.20. The summed E-state index contributed by atoms with van der Waals surface area (Å²) in [5, 5.41) is -0.114. The zero-order chi connectivity index (χ0) is 10.0. The smallest absolute Gasteiger partial charge is 0.153 e. The van der Waals surface area contributed by atoms with E-state index in [0.29, 0.717) is 11.7 Å². The molecule has 0 N–H and O–H groups in total. The van der Waals surface area contributed by atoms with Gasteiger partial charge in [0, 0.05) is 0 Å².